The standard InChI is InChI=1S/C16H14FN3O4/c17-12-4-5-14(15(9-12)20(22)23)18-10-11-2-1-3-13(8-11)19-6-7-24-16(19)21/h1-5,8-9,18H,6-7,10H2. The summed E-state index contributed by atoms with van der Waals surface area (Å²) in [4.78, 5) is 23.5. The summed E-state index contributed by atoms with van der Waals surface area (Å²) in [6.45, 7) is 1.13. The lowest BCUT2D eigenvalue weighted by atomic mass is 10.1. The summed E-state index contributed by atoms with van der Waals surface area (Å²) in [7, 11) is 0. The molecule has 0 radical (unpaired) electrons. The summed E-state index contributed by atoms with van der Waals surface area (Å²) in [5.41, 5.74) is 1.43. The van der Waals surface area contributed by atoms with Gasteiger partial charge < -0.3 is 10.1 Å². The van der Waals surface area contributed by atoms with Crippen LogP contribution in [-0.2, 0) is 11.3 Å². The Hall–Kier alpha value is -3.16. The number of benzene rings is 2. The zero-order valence-corrected chi connectivity index (χ0v) is 12.6. The third-order valence-corrected chi connectivity index (χ3v) is 3.62. The van der Waals surface area contributed by atoms with Crippen LogP contribution in [0.1, 0.15) is 5.56 Å². The molecule has 124 valence electrons. The third kappa shape index (κ3) is 3.27. The number of nitrogens with zero attached hydrogens (tertiary/aromatic N) is 2. The largest absolute Gasteiger partial charge is 0.447 e. The molecule has 1 amide bonds. The molecule has 1 aliphatic heterocycles. The van der Waals surface area contributed by atoms with Crippen molar-refractivity contribution in [3.8, 4) is 0 Å². The van der Waals surface area contributed by atoms with Gasteiger partial charge in [-0.25, -0.2) is 9.18 Å². The van der Waals surface area contributed by atoms with Crippen LogP contribution in [0.3, 0.4) is 0 Å². The van der Waals surface area contributed by atoms with Crippen molar-refractivity contribution < 1.29 is 18.8 Å². The first kappa shape index (κ1) is 15.7. The van der Waals surface area contributed by atoms with Gasteiger partial charge in [0.1, 0.15) is 18.1 Å². The molecule has 1 fully saturated rings. The molecule has 0 unspecified atom stereocenters. The second kappa shape index (κ2) is 6.53. The molecule has 0 aromatic heterocycles. The number of cyclic esters (lactones) is 1. The van der Waals surface area contributed by atoms with Crippen LogP contribution in [0.2, 0.25) is 0 Å². The number of nitro groups is 1. The minimum atomic E-state index is -0.665. The zero-order valence-electron chi connectivity index (χ0n) is 12.6. The number of ether oxygens (including phenoxy) is 1. The number of amides is 1. The molecule has 2 aromatic rings. The number of halogens is 1. The topological polar surface area (TPSA) is 84.7 Å². The van der Waals surface area contributed by atoms with E-state index in [0.29, 0.717) is 25.4 Å². The van der Waals surface area contributed by atoms with Gasteiger partial charge in [0, 0.05) is 12.2 Å². The van der Waals surface area contributed by atoms with Crippen molar-refractivity contribution in [3.05, 3.63) is 64.0 Å². The highest BCUT2D eigenvalue weighted by Crippen LogP contribution is 2.26. The fourth-order valence-electron chi connectivity index (χ4n) is 2.46. The molecule has 7 nitrogen and oxygen atoms in total. The molecule has 0 spiro atoms. The van der Waals surface area contributed by atoms with Crippen LogP contribution in [0.4, 0.5) is 26.2 Å². The Morgan fingerprint density at radius 2 is 2.12 bits per heavy atom. The van der Waals surface area contributed by atoms with Crippen molar-refractivity contribution in [2.75, 3.05) is 23.4 Å². The van der Waals surface area contributed by atoms with Crippen LogP contribution in [0.25, 0.3) is 0 Å². The van der Waals surface area contributed by atoms with Gasteiger partial charge in [-0.1, -0.05) is 12.1 Å². The molecule has 0 atom stereocenters. The Labute approximate surface area is 136 Å². The van der Waals surface area contributed by atoms with Gasteiger partial charge in [0.25, 0.3) is 5.69 Å². The number of carbonyl (C=O) groups excluding carboxylic acids is 1. The number of nitro benzene ring substituents is 1. The van der Waals surface area contributed by atoms with Crippen molar-refractivity contribution in [1.82, 2.24) is 0 Å². The maximum atomic E-state index is 13.2. The molecule has 8 heteroatoms. The molecular formula is C16H14FN3O4. The van der Waals surface area contributed by atoms with Crippen LogP contribution in [0.15, 0.2) is 42.5 Å². The molecule has 1 aliphatic rings. The van der Waals surface area contributed by atoms with Gasteiger partial charge in [-0.05, 0) is 29.8 Å². The minimum Gasteiger partial charge on any atom is -0.447 e. The van der Waals surface area contributed by atoms with Gasteiger partial charge >= 0.3 is 6.09 Å². The monoisotopic (exact) mass is 331 g/mol. The third-order valence-electron chi connectivity index (χ3n) is 3.62. The summed E-state index contributed by atoms with van der Waals surface area (Å²) in [5, 5.41) is 13.9. The van der Waals surface area contributed by atoms with Crippen LogP contribution in [0.5, 0.6) is 0 Å². The molecular weight excluding hydrogens is 317 g/mol. The van der Waals surface area contributed by atoms with E-state index in [1.165, 1.54) is 11.0 Å². The fourth-order valence-corrected chi connectivity index (χ4v) is 2.46. The zero-order chi connectivity index (χ0) is 17.1. The van der Waals surface area contributed by atoms with Gasteiger partial charge in [-0.15, -0.1) is 0 Å². The smallest absolute Gasteiger partial charge is 0.414 e. The Morgan fingerprint density at radius 3 is 2.83 bits per heavy atom. The average Bonchev–Trinajstić information content (AvgIpc) is 3.00. The molecule has 0 saturated carbocycles. The van der Waals surface area contributed by atoms with Crippen molar-refractivity contribution in [2.45, 2.75) is 6.54 Å². The van der Waals surface area contributed by atoms with E-state index >= 15 is 0 Å². The number of carbonyl (C=O) groups is 1. The van der Waals surface area contributed by atoms with Gasteiger partial charge in [0.2, 0.25) is 0 Å². The van der Waals surface area contributed by atoms with Crippen LogP contribution in [-0.4, -0.2) is 24.2 Å². The van der Waals surface area contributed by atoms with Gasteiger partial charge in [-0.3, -0.25) is 15.0 Å². The van der Waals surface area contributed by atoms with Gasteiger partial charge in [0.15, 0.2) is 0 Å². The summed E-state index contributed by atoms with van der Waals surface area (Å²) < 4.78 is 18.1. The van der Waals surface area contributed by atoms with E-state index in [1.807, 2.05) is 6.07 Å². The molecule has 1 N–H and O–H groups in total. The number of anilines is 2. The second-order valence-corrected chi connectivity index (χ2v) is 5.21. The molecule has 1 saturated heterocycles. The predicted molar refractivity (Wildman–Crippen MR) is 85.5 cm³/mol. The highest BCUT2D eigenvalue weighted by atomic mass is 19.1. The number of hydrogen-bond donors (Lipinski definition) is 1. The summed E-state index contributed by atoms with van der Waals surface area (Å²) >= 11 is 0. The fraction of sp³-hybridized carbons (Fsp3) is 0.188. The maximum absolute atomic E-state index is 13.2. The summed E-state index contributed by atoms with van der Waals surface area (Å²) in [6, 6.07) is 10.6. The normalized spacial score (nSPS) is 13.7. The molecule has 1 heterocycles. The van der Waals surface area contributed by atoms with E-state index < -0.39 is 16.8 Å². The number of hydrogen-bond acceptors (Lipinski definition) is 5. The van der Waals surface area contributed by atoms with Crippen molar-refractivity contribution >= 4 is 23.2 Å². The molecule has 0 bridgehead atoms. The van der Waals surface area contributed by atoms with Crippen molar-refractivity contribution in [1.29, 1.82) is 0 Å². The highest BCUT2D eigenvalue weighted by Gasteiger charge is 2.23. The first-order valence-corrected chi connectivity index (χ1v) is 7.25. The average molecular weight is 331 g/mol. The van der Waals surface area contributed by atoms with Crippen LogP contribution in [0, 0.1) is 15.9 Å². The lowest BCUT2D eigenvalue weighted by Crippen LogP contribution is -2.23. The van der Waals surface area contributed by atoms with Gasteiger partial charge in [0.05, 0.1) is 17.5 Å². The molecule has 3 rings (SSSR count). The molecule has 0 aliphatic carbocycles. The highest BCUT2D eigenvalue weighted by molar-refractivity contribution is 5.89. The van der Waals surface area contributed by atoms with Crippen LogP contribution >= 0.6 is 0 Å². The van der Waals surface area contributed by atoms with E-state index in [-0.39, 0.29) is 11.4 Å². The lowest BCUT2D eigenvalue weighted by Gasteiger charge is -2.14. The quantitative estimate of drug-likeness (QED) is 0.671. The molecule has 24 heavy (non-hydrogen) atoms. The van der Waals surface area contributed by atoms with Gasteiger partial charge in [-0.2, -0.15) is 0 Å². The van der Waals surface area contributed by atoms with Crippen molar-refractivity contribution in [3.63, 3.8) is 0 Å². The summed E-state index contributed by atoms with van der Waals surface area (Å²) in [6.07, 6.45) is -0.394. The Bertz CT molecular complexity index is 797. The molecule has 2 aromatic carbocycles. The predicted octanol–water partition coefficient (Wildman–Crippen LogP) is 3.30. The lowest BCUT2D eigenvalue weighted by molar-refractivity contribution is -0.384. The van der Waals surface area contributed by atoms with Crippen LogP contribution < -0.4 is 10.2 Å². The van der Waals surface area contributed by atoms with Crippen molar-refractivity contribution in [2.24, 2.45) is 0 Å². The first-order valence-electron chi connectivity index (χ1n) is 7.25. The maximum Gasteiger partial charge on any atom is 0.414 e. The SMILES string of the molecule is O=C1OCCN1c1cccc(CNc2ccc(F)cc2[N+](=O)[O-])c1. The van der Waals surface area contributed by atoms with E-state index in [2.05, 4.69) is 5.32 Å². The Kier molecular flexibility index (Phi) is 4.28. The first-order chi connectivity index (χ1) is 11.5. The number of nitrogens with one attached hydrogen (secondary N) is 1. The summed E-state index contributed by atoms with van der Waals surface area (Å²) in [5.74, 6) is -0.665. The van der Waals surface area contributed by atoms with E-state index in [0.717, 1.165) is 17.7 Å². The second-order valence-electron chi connectivity index (χ2n) is 5.21. The Balaban J connectivity index is 1.76. The minimum absolute atomic E-state index is 0.229. The van der Waals surface area contributed by atoms with E-state index in [4.69, 9.17) is 4.74 Å². The van der Waals surface area contributed by atoms with E-state index in [9.17, 15) is 19.3 Å². The number of rotatable bonds is 5. The van der Waals surface area contributed by atoms with E-state index in [1.54, 1.807) is 18.2 Å². The Morgan fingerprint density at radius 1 is 1.29 bits per heavy atom.